The van der Waals surface area contributed by atoms with E-state index in [1.54, 1.807) is 24.3 Å². The van der Waals surface area contributed by atoms with Crippen LogP contribution in [0.2, 0.25) is 0 Å². The monoisotopic (exact) mass is 581 g/mol. The minimum absolute atomic E-state index is 0.126. The third-order valence-corrected chi connectivity index (χ3v) is 8.31. The maximum Gasteiger partial charge on any atom is 0.416 e. The first kappa shape index (κ1) is 28.2. The molecule has 3 aromatic rings. The number of alkyl halides is 6. The van der Waals surface area contributed by atoms with Crippen molar-refractivity contribution in [3.05, 3.63) is 69.8 Å². The van der Waals surface area contributed by atoms with Gasteiger partial charge in [-0.2, -0.15) is 36.4 Å². The molecule has 2 aromatic carbocycles. The highest BCUT2D eigenvalue weighted by atomic mass is 32.2. The molecule has 2 aliphatic heterocycles. The van der Waals surface area contributed by atoms with E-state index in [1.807, 2.05) is 0 Å². The fraction of sp³-hybridized carbons (Fsp3) is 0.370. The van der Waals surface area contributed by atoms with Crippen LogP contribution in [0.3, 0.4) is 0 Å². The second kappa shape index (κ2) is 10.3. The van der Waals surface area contributed by atoms with Crippen LogP contribution in [0.15, 0.2) is 52.5 Å². The third-order valence-electron chi connectivity index (χ3n) is 7.27. The molecule has 0 bridgehead atoms. The highest BCUT2D eigenvalue weighted by Crippen LogP contribution is 2.38. The Balaban J connectivity index is 1.36. The lowest BCUT2D eigenvalue weighted by molar-refractivity contribution is -0.143. The second-order valence-corrected chi connectivity index (χ2v) is 11.1. The van der Waals surface area contributed by atoms with Crippen molar-refractivity contribution < 1.29 is 31.1 Å². The number of likely N-dealkylation sites (N-methyl/N-ethyl adjacent to an activating group) is 1. The molecule has 0 radical (unpaired) electrons. The maximum absolute atomic E-state index is 13.6. The van der Waals surface area contributed by atoms with E-state index < -0.39 is 23.5 Å². The summed E-state index contributed by atoms with van der Waals surface area (Å²) >= 11 is 1.31. The number of amidine groups is 1. The maximum atomic E-state index is 13.6. The number of fused-ring (bicyclic) bond motifs is 1. The summed E-state index contributed by atoms with van der Waals surface area (Å²) in [5.41, 5.74) is -1.87. The summed E-state index contributed by atoms with van der Waals surface area (Å²) in [6.07, 6.45) is -6.69. The quantitative estimate of drug-likeness (QED) is 0.276. The molecule has 1 fully saturated rings. The standard InChI is InChI=1S/C27H25F6N5OS/c1-15-12-37(13-16(2)36(15)3)25-35-24(39)23(40-25)9-17-4-7-22-19(8-17)11-34-38(22)14-18-5-6-20(26(28,29)30)10-21(18)27(31,32)33/h4-11,15-16H,12-14H2,1-3H3. The van der Waals surface area contributed by atoms with Gasteiger partial charge in [0.25, 0.3) is 5.91 Å². The van der Waals surface area contributed by atoms with E-state index >= 15 is 0 Å². The molecule has 0 spiro atoms. The molecule has 0 saturated carbocycles. The van der Waals surface area contributed by atoms with Crippen molar-refractivity contribution in [1.82, 2.24) is 19.6 Å². The molecule has 0 N–H and O–H groups in total. The van der Waals surface area contributed by atoms with E-state index in [1.165, 1.54) is 22.6 Å². The topological polar surface area (TPSA) is 53.7 Å². The number of benzene rings is 2. The Morgan fingerprint density at radius 2 is 1.70 bits per heavy atom. The molecule has 2 unspecified atom stereocenters. The SMILES string of the molecule is CC1CN(C2=NC(=O)C(=Cc3ccc4c(cnn4Cc4ccc(C(F)(F)F)cc4C(F)(F)F)c3)S2)CC(C)N1C. The van der Waals surface area contributed by atoms with Crippen molar-refractivity contribution in [2.75, 3.05) is 20.1 Å². The summed E-state index contributed by atoms with van der Waals surface area (Å²) in [5.74, 6) is -0.336. The zero-order chi connectivity index (χ0) is 29.0. The second-order valence-electron chi connectivity index (χ2n) is 10.1. The molecule has 1 saturated heterocycles. The van der Waals surface area contributed by atoms with Crippen LogP contribution in [0.5, 0.6) is 0 Å². The lowest BCUT2D eigenvalue weighted by Gasteiger charge is -2.42. The van der Waals surface area contributed by atoms with Gasteiger partial charge in [0.15, 0.2) is 5.17 Å². The Kier molecular flexibility index (Phi) is 7.24. The van der Waals surface area contributed by atoms with Gasteiger partial charge in [-0.3, -0.25) is 14.4 Å². The number of nitrogens with zero attached hydrogens (tertiary/aromatic N) is 5. The van der Waals surface area contributed by atoms with Crippen LogP contribution in [0.4, 0.5) is 26.3 Å². The number of aliphatic imine (C=N–C) groups is 1. The zero-order valence-corrected chi connectivity index (χ0v) is 22.5. The van der Waals surface area contributed by atoms with Crippen LogP contribution in [-0.2, 0) is 23.7 Å². The molecule has 1 amide bonds. The fourth-order valence-corrected chi connectivity index (χ4v) is 5.81. The highest BCUT2D eigenvalue weighted by molar-refractivity contribution is 8.18. The molecule has 0 aliphatic carbocycles. The molecular weight excluding hydrogens is 556 g/mol. The van der Waals surface area contributed by atoms with E-state index in [9.17, 15) is 31.1 Å². The van der Waals surface area contributed by atoms with Gasteiger partial charge in [0.2, 0.25) is 0 Å². The largest absolute Gasteiger partial charge is 0.416 e. The highest BCUT2D eigenvalue weighted by Gasteiger charge is 2.38. The molecule has 2 atom stereocenters. The fourth-order valence-electron chi connectivity index (χ4n) is 4.88. The van der Waals surface area contributed by atoms with Crippen LogP contribution in [0.1, 0.15) is 36.1 Å². The number of thioether (sulfide) groups is 1. The first-order valence-corrected chi connectivity index (χ1v) is 13.2. The van der Waals surface area contributed by atoms with Crippen molar-refractivity contribution in [2.24, 2.45) is 4.99 Å². The Bertz CT molecular complexity index is 1510. The lowest BCUT2D eigenvalue weighted by atomic mass is 10.0. The Labute approximate surface area is 230 Å². The van der Waals surface area contributed by atoms with Crippen LogP contribution in [-0.4, -0.2) is 62.9 Å². The summed E-state index contributed by atoms with van der Waals surface area (Å²) in [4.78, 5) is 21.7. The summed E-state index contributed by atoms with van der Waals surface area (Å²) in [5, 5.41) is 5.43. The van der Waals surface area contributed by atoms with Crippen LogP contribution in [0.25, 0.3) is 17.0 Å². The molecular formula is C27H25F6N5OS. The molecule has 212 valence electrons. The first-order chi connectivity index (χ1) is 18.7. The number of carbonyl (C=O) groups excluding carboxylic acids is 1. The van der Waals surface area contributed by atoms with Crippen LogP contribution >= 0.6 is 11.8 Å². The number of amides is 1. The summed E-state index contributed by atoms with van der Waals surface area (Å²) in [6, 6.07) is 7.32. The number of halogens is 6. The molecule has 5 rings (SSSR count). The summed E-state index contributed by atoms with van der Waals surface area (Å²) in [6.45, 7) is 5.39. The smallest absolute Gasteiger partial charge is 0.348 e. The minimum Gasteiger partial charge on any atom is -0.348 e. The van der Waals surface area contributed by atoms with Gasteiger partial charge in [-0.25, -0.2) is 0 Å². The summed E-state index contributed by atoms with van der Waals surface area (Å²) < 4.78 is 81.1. The van der Waals surface area contributed by atoms with Gasteiger partial charge in [-0.05, 0) is 74.1 Å². The van der Waals surface area contributed by atoms with E-state index in [2.05, 4.69) is 40.8 Å². The minimum atomic E-state index is -4.97. The normalized spacial score (nSPS) is 22.0. The van der Waals surface area contributed by atoms with Crippen molar-refractivity contribution in [3.8, 4) is 0 Å². The average Bonchev–Trinajstić information content (AvgIpc) is 3.44. The van der Waals surface area contributed by atoms with Crippen LogP contribution in [0, 0.1) is 0 Å². The lowest BCUT2D eigenvalue weighted by Crippen LogP contribution is -2.55. The van der Waals surface area contributed by atoms with Gasteiger partial charge in [0.1, 0.15) is 0 Å². The zero-order valence-electron chi connectivity index (χ0n) is 21.7. The number of hydrogen-bond acceptors (Lipinski definition) is 5. The van der Waals surface area contributed by atoms with Gasteiger partial charge >= 0.3 is 12.4 Å². The van der Waals surface area contributed by atoms with Crippen molar-refractivity contribution in [3.63, 3.8) is 0 Å². The average molecular weight is 582 g/mol. The van der Waals surface area contributed by atoms with Crippen molar-refractivity contribution in [1.29, 1.82) is 0 Å². The van der Waals surface area contributed by atoms with Crippen LogP contribution < -0.4 is 0 Å². The van der Waals surface area contributed by atoms with Crippen molar-refractivity contribution >= 4 is 39.8 Å². The van der Waals surface area contributed by atoms with E-state index in [-0.39, 0.29) is 24.1 Å². The molecule has 3 heterocycles. The van der Waals surface area contributed by atoms with E-state index in [4.69, 9.17) is 0 Å². The Morgan fingerprint density at radius 1 is 1.00 bits per heavy atom. The predicted molar refractivity (Wildman–Crippen MR) is 142 cm³/mol. The number of aromatic nitrogens is 2. The van der Waals surface area contributed by atoms with Gasteiger partial charge in [-0.15, -0.1) is 0 Å². The van der Waals surface area contributed by atoms with E-state index in [0.29, 0.717) is 44.7 Å². The number of rotatable bonds is 3. The number of hydrogen-bond donors (Lipinski definition) is 0. The third kappa shape index (κ3) is 5.62. The predicted octanol–water partition coefficient (Wildman–Crippen LogP) is 6.12. The van der Waals surface area contributed by atoms with Crippen molar-refractivity contribution in [2.45, 2.75) is 44.8 Å². The van der Waals surface area contributed by atoms with Gasteiger partial charge in [-0.1, -0.05) is 12.1 Å². The van der Waals surface area contributed by atoms with Gasteiger partial charge in [0.05, 0.1) is 34.3 Å². The number of piperazine rings is 1. The molecule has 13 heteroatoms. The Hall–Kier alpha value is -3.32. The van der Waals surface area contributed by atoms with Gasteiger partial charge < -0.3 is 4.90 Å². The molecule has 40 heavy (non-hydrogen) atoms. The molecule has 2 aliphatic rings. The summed E-state index contributed by atoms with van der Waals surface area (Å²) in [7, 11) is 2.07. The van der Waals surface area contributed by atoms with Gasteiger partial charge in [0, 0.05) is 30.6 Å². The first-order valence-electron chi connectivity index (χ1n) is 12.4. The van der Waals surface area contributed by atoms with E-state index in [0.717, 1.165) is 19.2 Å². The Morgan fingerprint density at radius 3 is 2.35 bits per heavy atom. The molecule has 1 aromatic heterocycles. The molecule has 6 nitrogen and oxygen atoms in total. The number of carbonyl (C=O) groups is 1.